The molecule has 1 atom stereocenters. The van der Waals surface area contributed by atoms with Crippen LogP contribution in [0, 0.1) is 0 Å². The Morgan fingerprint density at radius 1 is 1.44 bits per heavy atom. The second kappa shape index (κ2) is 2.64. The normalized spacial score (nSPS) is 33.0. The minimum atomic E-state index is 0.490. The van der Waals surface area contributed by atoms with E-state index in [4.69, 9.17) is 5.21 Å². The van der Waals surface area contributed by atoms with Crippen molar-refractivity contribution in [2.75, 3.05) is 26.7 Å². The molecule has 3 nitrogen and oxygen atoms in total. The molecule has 0 aliphatic carbocycles. The molecule has 0 unspecified atom stereocenters. The van der Waals surface area contributed by atoms with Gasteiger partial charge in [0, 0.05) is 25.7 Å². The maximum Gasteiger partial charge on any atom is 0.0392 e. The Morgan fingerprint density at radius 2 is 2.11 bits per heavy atom. The number of piperazine rings is 1. The molecule has 0 aromatic rings. The van der Waals surface area contributed by atoms with Gasteiger partial charge in [0.1, 0.15) is 0 Å². The first kappa shape index (κ1) is 6.99. The highest BCUT2D eigenvalue weighted by Crippen LogP contribution is 2.02. The van der Waals surface area contributed by atoms with Gasteiger partial charge in [0.15, 0.2) is 0 Å². The Bertz CT molecular complexity index is 97.1. The lowest BCUT2D eigenvalue weighted by Gasteiger charge is -2.33. The summed E-state index contributed by atoms with van der Waals surface area (Å²) in [5.74, 6) is 0. The van der Waals surface area contributed by atoms with Crippen molar-refractivity contribution in [1.29, 1.82) is 0 Å². The minimum Gasteiger partial charge on any atom is -0.314 e. The molecule has 0 spiro atoms. The highest BCUT2D eigenvalue weighted by molar-refractivity contribution is 4.71. The molecule has 0 amide bonds. The van der Waals surface area contributed by atoms with Crippen LogP contribution in [-0.4, -0.2) is 47.9 Å². The fourth-order valence-electron chi connectivity index (χ4n) is 1.03. The number of likely N-dealkylation sites (N-methyl/N-ethyl adjacent to an activating group) is 1. The van der Waals surface area contributed by atoms with Crippen molar-refractivity contribution >= 4 is 0 Å². The van der Waals surface area contributed by atoms with Gasteiger partial charge < -0.3 is 10.1 Å². The highest BCUT2D eigenvalue weighted by Gasteiger charge is 2.18. The molecule has 0 bridgehead atoms. The molecule has 1 rings (SSSR count). The van der Waals surface area contributed by atoms with Gasteiger partial charge in [-0.1, -0.05) is 0 Å². The first-order valence-electron chi connectivity index (χ1n) is 3.34. The number of hydroxylamine groups is 2. The summed E-state index contributed by atoms with van der Waals surface area (Å²) < 4.78 is 0. The lowest BCUT2D eigenvalue weighted by molar-refractivity contribution is -0.127. The van der Waals surface area contributed by atoms with Crippen molar-refractivity contribution in [3.05, 3.63) is 0 Å². The predicted molar refractivity (Wildman–Crippen MR) is 35.5 cm³/mol. The van der Waals surface area contributed by atoms with Gasteiger partial charge in [0.2, 0.25) is 0 Å². The summed E-state index contributed by atoms with van der Waals surface area (Å²) in [6.07, 6.45) is 0. The molecule has 0 saturated carbocycles. The SMILES string of the molecule is C[C@H]1CN(O)CCN1C. The molecule has 1 fully saturated rings. The fourth-order valence-corrected chi connectivity index (χ4v) is 1.03. The Hall–Kier alpha value is -0.120. The Balaban J connectivity index is 2.35. The van der Waals surface area contributed by atoms with E-state index in [2.05, 4.69) is 18.9 Å². The monoisotopic (exact) mass is 130 g/mol. The van der Waals surface area contributed by atoms with Crippen LogP contribution in [0.4, 0.5) is 0 Å². The summed E-state index contributed by atoms with van der Waals surface area (Å²) in [4.78, 5) is 2.24. The molecule has 1 heterocycles. The maximum atomic E-state index is 9.00. The number of nitrogens with zero attached hydrogens (tertiary/aromatic N) is 2. The minimum absolute atomic E-state index is 0.490. The molecule has 3 heteroatoms. The molecule has 0 radical (unpaired) electrons. The summed E-state index contributed by atoms with van der Waals surface area (Å²) in [5.41, 5.74) is 0. The standard InChI is InChI=1S/C6H14N2O/c1-6-5-8(9)4-3-7(6)2/h6,9H,3-5H2,1-2H3/t6-/m0/s1. The van der Waals surface area contributed by atoms with E-state index in [1.54, 1.807) is 0 Å². The van der Waals surface area contributed by atoms with Crippen molar-refractivity contribution in [2.24, 2.45) is 0 Å². The third-order valence-electron chi connectivity index (χ3n) is 1.94. The number of hydrogen-bond acceptors (Lipinski definition) is 3. The van der Waals surface area contributed by atoms with Crippen molar-refractivity contribution in [3.8, 4) is 0 Å². The van der Waals surface area contributed by atoms with Crippen LogP contribution in [0.1, 0.15) is 6.92 Å². The molecule has 9 heavy (non-hydrogen) atoms. The molecule has 54 valence electrons. The van der Waals surface area contributed by atoms with Crippen LogP contribution < -0.4 is 0 Å². The average Bonchev–Trinajstić information content (AvgIpc) is 1.80. The second-order valence-electron chi connectivity index (χ2n) is 2.74. The lowest BCUT2D eigenvalue weighted by atomic mass is 10.2. The van der Waals surface area contributed by atoms with E-state index in [0.717, 1.165) is 19.6 Å². The molecule has 0 aromatic heterocycles. The van der Waals surface area contributed by atoms with Crippen LogP contribution in [0.3, 0.4) is 0 Å². The van der Waals surface area contributed by atoms with Crippen LogP contribution in [0.15, 0.2) is 0 Å². The van der Waals surface area contributed by atoms with Crippen molar-refractivity contribution < 1.29 is 5.21 Å². The Kier molecular flexibility index (Phi) is 2.05. The zero-order chi connectivity index (χ0) is 6.85. The summed E-state index contributed by atoms with van der Waals surface area (Å²) in [6.45, 7) is 4.64. The molecule has 1 saturated heterocycles. The maximum absolute atomic E-state index is 9.00. The number of rotatable bonds is 0. The smallest absolute Gasteiger partial charge is 0.0392 e. The number of hydrogen-bond donors (Lipinski definition) is 1. The van der Waals surface area contributed by atoms with E-state index in [1.807, 2.05) is 0 Å². The van der Waals surface area contributed by atoms with Crippen LogP contribution in [-0.2, 0) is 0 Å². The zero-order valence-electron chi connectivity index (χ0n) is 6.04. The molecule has 1 aliphatic rings. The van der Waals surface area contributed by atoms with Gasteiger partial charge in [-0.2, -0.15) is 5.06 Å². The topological polar surface area (TPSA) is 26.7 Å². The van der Waals surface area contributed by atoms with Crippen molar-refractivity contribution in [2.45, 2.75) is 13.0 Å². The van der Waals surface area contributed by atoms with Gasteiger partial charge in [-0.25, -0.2) is 0 Å². The molecule has 1 aliphatic heterocycles. The van der Waals surface area contributed by atoms with E-state index in [-0.39, 0.29) is 0 Å². The quantitative estimate of drug-likeness (QED) is 0.500. The van der Waals surface area contributed by atoms with Gasteiger partial charge >= 0.3 is 0 Å². The van der Waals surface area contributed by atoms with Gasteiger partial charge in [-0.05, 0) is 14.0 Å². The van der Waals surface area contributed by atoms with E-state index in [1.165, 1.54) is 5.06 Å². The van der Waals surface area contributed by atoms with Crippen LogP contribution >= 0.6 is 0 Å². The highest BCUT2D eigenvalue weighted by atomic mass is 16.5. The molecular weight excluding hydrogens is 116 g/mol. The van der Waals surface area contributed by atoms with E-state index >= 15 is 0 Å². The van der Waals surface area contributed by atoms with Crippen molar-refractivity contribution in [1.82, 2.24) is 9.96 Å². The van der Waals surface area contributed by atoms with Gasteiger partial charge in [0.25, 0.3) is 0 Å². The Morgan fingerprint density at radius 3 is 2.56 bits per heavy atom. The predicted octanol–water partition coefficient (Wildman–Crippen LogP) is 0.0115. The zero-order valence-corrected chi connectivity index (χ0v) is 6.04. The Labute approximate surface area is 55.8 Å². The van der Waals surface area contributed by atoms with Crippen LogP contribution in [0.25, 0.3) is 0 Å². The molecule has 0 aromatic carbocycles. The fraction of sp³-hybridized carbons (Fsp3) is 1.00. The largest absolute Gasteiger partial charge is 0.314 e. The summed E-state index contributed by atoms with van der Waals surface area (Å²) in [6, 6.07) is 0.490. The van der Waals surface area contributed by atoms with E-state index < -0.39 is 0 Å². The average molecular weight is 130 g/mol. The van der Waals surface area contributed by atoms with Crippen molar-refractivity contribution in [3.63, 3.8) is 0 Å². The van der Waals surface area contributed by atoms with Crippen LogP contribution in [0.2, 0.25) is 0 Å². The van der Waals surface area contributed by atoms with Crippen LogP contribution in [0.5, 0.6) is 0 Å². The first-order valence-corrected chi connectivity index (χ1v) is 3.34. The third-order valence-corrected chi connectivity index (χ3v) is 1.94. The summed E-state index contributed by atoms with van der Waals surface area (Å²) >= 11 is 0. The molecule has 1 N–H and O–H groups in total. The molecular formula is C6H14N2O. The lowest BCUT2D eigenvalue weighted by Crippen LogP contribution is -2.48. The van der Waals surface area contributed by atoms with Gasteiger partial charge in [-0.3, -0.25) is 0 Å². The van der Waals surface area contributed by atoms with E-state index in [0.29, 0.717) is 6.04 Å². The van der Waals surface area contributed by atoms with E-state index in [9.17, 15) is 0 Å². The second-order valence-corrected chi connectivity index (χ2v) is 2.74. The van der Waals surface area contributed by atoms with Gasteiger partial charge in [0.05, 0.1) is 0 Å². The summed E-state index contributed by atoms with van der Waals surface area (Å²) in [5, 5.41) is 10.4. The third kappa shape index (κ3) is 1.64. The first-order chi connectivity index (χ1) is 4.20. The summed E-state index contributed by atoms with van der Waals surface area (Å²) in [7, 11) is 2.08. The van der Waals surface area contributed by atoms with Gasteiger partial charge in [-0.15, -0.1) is 0 Å².